The number of phenolic OH excluding ortho intramolecular Hbond substituents is 1. The number of hydrazine groups is 1. The molecule has 1 saturated carbocycles. The molecule has 53 heavy (non-hydrogen) atoms. The Labute approximate surface area is 306 Å². The molecule has 4 amide bonds. The number of nitrogens with one attached hydrogen (secondary N) is 1. The number of anilines is 2. The number of nitro groups is 1. The molecule has 2 heterocycles. The molecule has 0 bridgehead atoms. The van der Waals surface area contributed by atoms with Gasteiger partial charge in [0.1, 0.15) is 5.82 Å². The topological polar surface area (TPSA) is 159 Å². The number of halogens is 2. The fraction of sp³-hybridized carbons (Fsp3) is 0.231. The van der Waals surface area contributed by atoms with E-state index in [0.29, 0.717) is 21.7 Å². The zero-order valence-electron chi connectivity index (χ0n) is 27.9. The van der Waals surface area contributed by atoms with E-state index in [1.165, 1.54) is 61.7 Å². The molecule has 8 rings (SSSR count). The average molecular weight is 737 g/mol. The summed E-state index contributed by atoms with van der Waals surface area (Å²) < 4.78 is 19.3. The molecule has 2 aliphatic heterocycles. The van der Waals surface area contributed by atoms with Crippen LogP contribution in [0.2, 0.25) is 5.02 Å². The Balaban J connectivity index is 1.31. The van der Waals surface area contributed by atoms with Crippen molar-refractivity contribution in [3.63, 3.8) is 0 Å². The number of hydrogen-bond donors (Lipinski definition) is 2. The standard InChI is InChI=1S/C39H30ClFN4O8/c1-53-32-18-20(2-17-31(32)46)34-27-15-16-28-33(37(49)43(35(28)47)25-11-13-26(14-12-25)45(51)52)29(27)19-30-36(48)44(42-24-9-7-23(41)8-10-24)38(50)39(30,34)21-3-5-22(40)6-4-21/h2-15,17-18,28-30,33-34,42,46H,16,19H2,1H3. The van der Waals surface area contributed by atoms with Crippen molar-refractivity contribution in [2.45, 2.75) is 24.2 Å². The van der Waals surface area contributed by atoms with Crippen LogP contribution in [0.3, 0.4) is 0 Å². The SMILES string of the molecule is COc1cc(C2C3=CCC4C(=O)N(c5ccc([N+](=O)[O-])cc5)C(=O)C4C3CC3C(=O)N(Nc4ccc(F)cc4)C(=O)C32c2ccc(Cl)cc2)ccc1O. The summed E-state index contributed by atoms with van der Waals surface area (Å²) in [6, 6.07) is 21.7. The maximum absolute atomic E-state index is 15.2. The van der Waals surface area contributed by atoms with E-state index in [1.807, 2.05) is 6.08 Å². The minimum absolute atomic E-state index is 0.0145. The lowest BCUT2D eigenvalue weighted by molar-refractivity contribution is -0.384. The van der Waals surface area contributed by atoms with Gasteiger partial charge in [-0.3, -0.25) is 39.6 Å². The van der Waals surface area contributed by atoms with E-state index in [-0.39, 0.29) is 41.4 Å². The molecule has 3 fully saturated rings. The molecule has 0 radical (unpaired) electrons. The lowest BCUT2D eigenvalue weighted by Gasteiger charge is -2.50. The van der Waals surface area contributed by atoms with Crippen LogP contribution in [0.4, 0.5) is 21.5 Å². The van der Waals surface area contributed by atoms with Gasteiger partial charge in [-0.25, -0.2) is 4.39 Å². The molecule has 4 aromatic rings. The Bertz CT molecular complexity index is 2250. The van der Waals surface area contributed by atoms with Gasteiger partial charge in [-0.2, -0.15) is 5.01 Å². The number of aromatic hydroxyl groups is 1. The summed E-state index contributed by atoms with van der Waals surface area (Å²) in [4.78, 5) is 70.2. The molecule has 12 nitrogen and oxygen atoms in total. The van der Waals surface area contributed by atoms with Crippen LogP contribution in [0, 0.1) is 39.6 Å². The van der Waals surface area contributed by atoms with E-state index in [0.717, 1.165) is 9.91 Å². The number of amides is 4. The first-order valence-electron chi connectivity index (χ1n) is 16.8. The summed E-state index contributed by atoms with van der Waals surface area (Å²) >= 11 is 6.34. The maximum atomic E-state index is 15.2. The minimum Gasteiger partial charge on any atom is -0.504 e. The van der Waals surface area contributed by atoms with Crippen molar-refractivity contribution in [2.24, 2.45) is 23.7 Å². The number of non-ortho nitro benzene ring substituents is 1. The van der Waals surface area contributed by atoms with Crippen molar-refractivity contribution in [3.05, 3.63) is 135 Å². The van der Waals surface area contributed by atoms with Gasteiger partial charge in [0.15, 0.2) is 11.5 Å². The van der Waals surface area contributed by atoms with Crippen molar-refractivity contribution in [2.75, 3.05) is 17.4 Å². The van der Waals surface area contributed by atoms with Crippen LogP contribution in [-0.4, -0.2) is 45.8 Å². The highest BCUT2D eigenvalue weighted by Gasteiger charge is 2.70. The second kappa shape index (κ2) is 12.6. The van der Waals surface area contributed by atoms with Gasteiger partial charge in [0.25, 0.3) is 17.5 Å². The predicted molar refractivity (Wildman–Crippen MR) is 189 cm³/mol. The Morgan fingerprint density at radius 1 is 0.925 bits per heavy atom. The van der Waals surface area contributed by atoms with Gasteiger partial charge in [0.05, 0.1) is 46.6 Å². The highest BCUT2D eigenvalue weighted by Crippen LogP contribution is 2.64. The van der Waals surface area contributed by atoms with E-state index in [1.54, 1.807) is 36.4 Å². The Morgan fingerprint density at radius 2 is 1.62 bits per heavy atom. The van der Waals surface area contributed by atoms with Gasteiger partial charge in [-0.15, -0.1) is 0 Å². The molecule has 14 heteroatoms. The van der Waals surface area contributed by atoms with Gasteiger partial charge >= 0.3 is 0 Å². The van der Waals surface area contributed by atoms with Crippen LogP contribution in [0.1, 0.15) is 29.9 Å². The van der Waals surface area contributed by atoms with Gasteiger partial charge in [0, 0.05) is 23.1 Å². The zero-order valence-corrected chi connectivity index (χ0v) is 28.7. The first kappa shape index (κ1) is 34.0. The fourth-order valence-electron chi connectivity index (χ4n) is 8.88. The van der Waals surface area contributed by atoms with Crippen LogP contribution >= 0.6 is 11.6 Å². The van der Waals surface area contributed by atoms with E-state index in [2.05, 4.69) is 5.43 Å². The number of fused-ring (bicyclic) bond motifs is 4. The summed E-state index contributed by atoms with van der Waals surface area (Å²) in [7, 11) is 1.39. The van der Waals surface area contributed by atoms with Crippen LogP contribution in [0.5, 0.6) is 11.5 Å². The predicted octanol–water partition coefficient (Wildman–Crippen LogP) is 6.29. The lowest BCUT2D eigenvalue weighted by atomic mass is 9.49. The summed E-state index contributed by atoms with van der Waals surface area (Å²) in [5, 5.41) is 23.3. The monoisotopic (exact) mass is 736 g/mol. The number of carbonyl (C=O) groups is 4. The van der Waals surface area contributed by atoms with E-state index >= 15 is 4.79 Å². The summed E-state index contributed by atoms with van der Waals surface area (Å²) in [6.45, 7) is 0. The zero-order chi connectivity index (χ0) is 37.3. The van der Waals surface area contributed by atoms with Gasteiger partial charge < -0.3 is 9.84 Å². The number of phenols is 1. The van der Waals surface area contributed by atoms with Crippen molar-refractivity contribution in [1.82, 2.24) is 5.01 Å². The molecule has 268 valence electrons. The van der Waals surface area contributed by atoms with Gasteiger partial charge in [-0.1, -0.05) is 41.4 Å². The molecule has 6 unspecified atom stereocenters. The second-order valence-corrected chi connectivity index (χ2v) is 14.0. The summed E-state index contributed by atoms with van der Waals surface area (Å²) in [6.07, 6.45) is 2.04. The van der Waals surface area contributed by atoms with E-state index < -0.39 is 69.4 Å². The number of benzene rings is 4. The first-order valence-corrected chi connectivity index (χ1v) is 17.2. The van der Waals surface area contributed by atoms with Crippen LogP contribution in [-0.2, 0) is 24.6 Å². The Morgan fingerprint density at radius 3 is 2.28 bits per heavy atom. The maximum Gasteiger partial charge on any atom is 0.269 e. The van der Waals surface area contributed by atoms with Crippen LogP contribution in [0.25, 0.3) is 0 Å². The number of allylic oxidation sites excluding steroid dienone is 2. The molecule has 0 spiro atoms. The second-order valence-electron chi connectivity index (χ2n) is 13.6. The first-order chi connectivity index (χ1) is 25.4. The molecule has 2 saturated heterocycles. The molecular formula is C39H30ClFN4O8. The third kappa shape index (κ3) is 5.09. The molecule has 0 aromatic heterocycles. The molecule has 2 aliphatic carbocycles. The number of methoxy groups -OCH3 is 1. The van der Waals surface area contributed by atoms with Crippen molar-refractivity contribution in [1.29, 1.82) is 0 Å². The van der Waals surface area contributed by atoms with E-state index in [4.69, 9.17) is 16.3 Å². The number of rotatable bonds is 7. The number of imide groups is 2. The van der Waals surface area contributed by atoms with Crippen LogP contribution in [0.15, 0.2) is 103 Å². The summed E-state index contributed by atoms with van der Waals surface area (Å²) in [5.41, 5.74) is 3.22. The molecule has 2 N–H and O–H groups in total. The number of carbonyl (C=O) groups excluding carboxylic acids is 4. The largest absolute Gasteiger partial charge is 0.504 e. The minimum atomic E-state index is -1.62. The molecule has 6 atom stereocenters. The van der Waals surface area contributed by atoms with Gasteiger partial charge in [-0.05, 0) is 90.6 Å². The quantitative estimate of drug-likeness (QED) is 0.0962. The summed E-state index contributed by atoms with van der Waals surface area (Å²) in [5.74, 6) is -7.07. The molecule has 4 aliphatic rings. The highest BCUT2D eigenvalue weighted by molar-refractivity contribution is 6.30. The molecule has 4 aromatic carbocycles. The highest BCUT2D eigenvalue weighted by atomic mass is 35.5. The Kier molecular flexibility index (Phi) is 8.06. The average Bonchev–Trinajstić information content (AvgIpc) is 3.53. The van der Waals surface area contributed by atoms with Crippen molar-refractivity contribution >= 4 is 52.3 Å². The number of hydrogen-bond acceptors (Lipinski definition) is 9. The number of ether oxygens (including phenoxy) is 1. The number of nitrogens with zero attached hydrogens (tertiary/aromatic N) is 3. The third-order valence-electron chi connectivity index (χ3n) is 11.1. The van der Waals surface area contributed by atoms with Gasteiger partial charge in [0.2, 0.25) is 11.8 Å². The third-order valence-corrected chi connectivity index (χ3v) is 11.4. The Hall–Kier alpha value is -6.08. The number of nitro benzene ring substituents is 1. The normalized spacial score (nSPS) is 26.2. The fourth-order valence-corrected chi connectivity index (χ4v) is 9.01. The smallest absolute Gasteiger partial charge is 0.269 e. The van der Waals surface area contributed by atoms with Crippen molar-refractivity contribution in [3.8, 4) is 11.5 Å². The van der Waals surface area contributed by atoms with Crippen molar-refractivity contribution < 1.29 is 38.3 Å². The van der Waals surface area contributed by atoms with Crippen LogP contribution < -0.4 is 15.1 Å². The lowest BCUT2D eigenvalue weighted by Crippen LogP contribution is -2.53. The molecular weight excluding hydrogens is 707 g/mol. The van der Waals surface area contributed by atoms with E-state index in [9.17, 15) is 34.0 Å².